The van der Waals surface area contributed by atoms with Crippen molar-refractivity contribution in [1.29, 1.82) is 0 Å². The van der Waals surface area contributed by atoms with Gasteiger partial charge in [-0.15, -0.1) is 11.8 Å². The Morgan fingerprint density at radius 1 is 1.05 bits per heavy atom. The zero-order chi connectivity index (χ0) is 15.5. The molecule has 0 saturated carbocycles. The summed E-state index contributed by atoms with van der Waals surface area (Å²) in [6.45, 7) is 5.08. The highest BCUT2D eigenvalue weighted by molar-refractivity contribution is 8.04. The van der Waals surface area contributed by atoms with Crippen LogP contribution in [0.5, 0.6) is 0 Å². The maximum absolute atomic E-state index is 12.3. The van der Waals surface area contributed by atoms with E-state index in [-0.39, 0.29) is 5.91 Å². The third-order valence-electron chi connectivity index (χ3n) is 4.31. The smallest absolute Gasteiger partial charge is 0.260 e. The molecule has 0 unspecified atom stereocenters. The Hall–Kier alpha value is -1.46. The lowest BCUT2D eigenvalue weighted by Crippen LogP contribution is -2.44. The molecule has 2 saturated heterocycles. The summed E-state index contributed by atoms with van der Waals surface area (Å²) < 4.78 is 0. The fourth-order valence-corrected chi connectivity index (χ4v) is 3.91. The van der Waals surface area contributed by atoms with E-state index in [0.717, 1.165) is 48.9 Å². The minimum atomic E-state index is 0.143. The van der Waals surface area contributed by atoms with Crippen LogP contribution in [-0.4, -0.2) is 68.3 Å². The van der Waals surface area contributed by atoms with E-state index in [9.17, 15) is 4.79 Å². The Morgan fingerprint density at radius 3 is 2.55 bits per heavy atom. The molecule has 1 amide bonds. The molecule has 2 fully saturated rings. The fourth-order valence-electron chi connectivity index (χ4n) is 2.83. The first kappa shape index (κ1) is 15.4. The second-order valence-corrected chi connectivity index (χ2v) is 7.07. The van der Waals surface area contributed by atoms with Gasteiger partial charge in [0, 0.05) is 51.2 Å². The summed E-state index contributed by atoms with van der Waals surface area (Å²) in [7, 11) is 4.04. The van der Waals surface area contributed by atoms with Crippen molar-refractivity contribution in [2.24, 2.45) is 0 Å². The number of anilines is 1. The minimum Gasteiger partial charge on any atom is -0.368 e. The molecule has 2 aliphatic heterocycles. The molecule has 1 aromatic carbocycles. The molecule has 22 heavy (non-hydrogen) atoms. The average Bonchev–Trinajstić information content (AvgIpc) is 2.53. The van der Waals surface area contributed by atoms with Crippen molar-refractivity contribution in [1.82, 2.24) is 9.80 Å². The summed E-state index contributed by atoms with van der Waals surface area (Å²) in [6, 6.07) is 8.41. The predicted octanol–water partition coefficient (Wildman–Crippen LogP) is 1.98. The van der Waals surface area contributed by atoms with Gasteiger partial charge in [-0.25, -0.2) is 0 Å². The molecule has 3 rings (SSSR count). The lowest BCUT2D eigenvalue weighted by molar-refractivity contribution is -0.125. The van der Waals surface area contributed by atoms with E-state index in [1.54, 1.807) is 16.7 Å². The van der Waals surface area contributed by atoms with Gasteiger partial charge in [0.05, 0.1) is 4.91 Å². The normalized spacial score (nSPS) is 22.5. The van der Waals surface area contributed by atoms with Crippen LogP contribution >= 0.6 is 11.8 Å². The summed E-state index contributed by atoms with van der Waals surface area (Å²) in [5.41, 5.74) is 2.39. The zero-order valence-electron chi connectivity index (χ0n) is 13.3. The Morgan fingerprint density at radius 2 is 1.77 bits per heavy atom. The number of carbonyl (C=O) groups is 1. The van der Waals surface area contributed by atoms with Gasteiger partial charge in [-0.1, -0.05) is 18.2 Å². The average molecular weight is 317 g/mol. The molecule has 4 nitrogen and oxygen atoms in total. The van der Waals surface area contributed by atoms with Crippen LogP contribution in [0, 0.1) is 0 Å². The first-order valence-corrected chi connectivity index (χ1v) is 8.76. The number of carbonyl (C=O) groups excluding carboxylic acids is 1. The van der Waals surface area contributed by atoms with Gasteiger partial charge in [0.1, 0.15) is 0 Å². The molecular weight excluding hydrogens is 294 g/mol. The number of thioether (sulfide) groups is 1. The van der Waals surface area contributed by atoms with E-state index < -0.39 is 0 Å². The fraction of sp³-hybridized carbons (Fsp3) is 0.471. The third kappa shape index (κ3) is 3.31. The van der Waals surface area contributed by atoms with Crippen molar-refractivity contribution in [2.75, 3.05) is 57.5 Å². The maximum Gasteiger partial charge on any atom is 0.260 e. The van der Waals surface area contributed by atoms with E-state index in [2.05, 4.69) is 41.1 Å². The standard InChI is InChI=1S/C17H23N3OS/c1-18-7-9-20(10-8-18)15-6-4-3-5-14(15)13-16-17(21)19(2)11-12-22-16/h3-6,13H,7-12H2,1-2H3/b16-13-. The molecule has 5 heteroatoms. The molecule has 0 aromatic heterocycles. The van der Waals surface area contributed by atoms with Gasteiger partial charge in [-0.3, -0.25) is 4.79 Å². The third-order valence-corrected chi connectivity index (χ3v) is 5.30. The molecule has 0 radical (unpaired) electrons. The Kier molecular flexibility index (Phi) is 4.74. The van der Waals surface area contributed by atoms with Gasteiger partial charge >= 0.3 is 0 Å². The molecule has 0 N–H and O–H groups in total. The molecule has 1 aromatic rings. The number of para-hydroxylation sites is 1. The lowest BCUT2D eigenvalue weighted by Gasteiger charge is -2.35. The van der Waals surface area contributed by atoms with E-state index in [0.29, 0.717) is 0 Å². The van der Waals surface area contributed by atoms with Crippen molar-refractivity contribution >= 4 is 29.4 Å². The van der Waals surface area contributed by atoms with E-state index in [1.807, 2.05) is 13.1 Å². The summed E-state index contributed by atoms with van der Waals surface area (Å²) in [4.78, 5) is 19.7. The minimum absolute atomic E-state index is 0.143. The molecule has 0 aliphatic carbocycles. The summed E-state index contributed by atoms with van der Waals surface area (Å²) in [5.74, 6) is 1.12. The highest BCUT2D eigenvalue weighted by Crippen LogP contribution is 2.29. The summed E-state index contributed by atoms with van der Waals surface area (Å²) >= 11 is 1.67. The summed E-state index contributed by atoms with van der Waals surface area (Å²) in [5, 5.41) is 0. The quantitative estimate of drug-likeness (QED) is 0.780. The number of hydrogen-bond acceptors (Lipinski definition) is 4. The van der Waals surface area contributed by atoms with Crippen LogP contribution in [0.2, 0.25) is 0 Å². The van der Waals surface area contributed by atoms with Crippen molar-refractivity contribution in [3.8, 4) is 0 Å². The second-order valence-electron chi connectivity index (χ2n) is 5.93. The second kappa shape index (κ2) is 6.75. The van der Waals surface area contributed by atoms with Crippen LogP contribution < -0.4 is 4.90 Å². The number of benzene rings is 1. The van der Waals surface area contributed by atoms with Crippen LogP contribution in [0.3, 0.4) is 0 Å². The van der Waals surface area contributed by atoms with Gasteiger partial charge in [0.2, 0.25) is 0 Å². The lowest BCUT2D eigenvalue weighted by atomic mass is 10.1. The van der Waals surface area contributed by atoms with Crippen LogP contribution in [0.4, 0.5) is 5.69 Å². The highest BCUT2D eigenvalue weighted by Gasteiger charge is 2.22. The molecule has 0 bridgehead atoms. The SMILES string of the molecule is CN1CCN(c2ccccc2/C=C2\SCCN(C)C2=O)CC1. The van der Waals surface area contributed by atoms with E-state index in [4.69, 9.17) is 0 Å². The molecule has 0 atom stereocenters. The first-order chi connectivity index (χ1) is 10.6. The number of hydrogen-bond donors (Lipinski definition) is 0. The Bertz CT molecular complexity index is 579. The van der Waals surface area contributed by atoms with Gasteiger partial charge in [0.25, 0.3) is 5.91 Å². The highest BCUT2D eigenvalue weighted by atomic mass is 32.2. The van der Waals surface area contributed by atoms with Crippen molar-refractivity contribution in [3.63, 3.8) is 0 Å². The number of nitrogens with zero attached hydrogens (tertiary/aromatic N) is 3. The Balaban J connectivity index is 1.86. The summed E-state index contributed by atoms with van der Waals surface area (Å²) in [6.07, 6.45) is 2.07. The topological polar surface area (TPSA) is 26.8 Å². The Labute approximate surface area is 136 Å². The van der Waals surface area contributed by atoms with Crippen LogP contribution in [-0.2, 0) is 4.79 Å². The van der Waals surface area contributed by atoms with Gasteiger partial charge in [0.15, 0.2) is 0 Å². The number of rotatable bonds is 2. The number of piperazine rings is 1. The predicted molar refractivity (Wildman–Crippen MR) is 94.2 cm³/mol. The van der Waals surface area contributed by atoms with Crippen molar-refractivity contribution < 1.29 is 4.79 Å². The monoisotopic (exact) mass is 317 g/mol. The van der Waals surface area contributed by atoms with Crippen molar-refractivity contribution in [3.05, 3.63) is 34.7 Å². The molecule has 2 heterocycles. The first-order valence-electron chi connectivity index (χ1n) is 7.77. The van der Waals surface area contributed by atoms with Gasteiger partial charge in [-0.2, -0.15) is 0 Å². The van der Waals surface area contributed by atoms with Gasteiger partial charge in [-0.05, 0) is 24.8 Å². The zero-order valence-corrected chi connectivity index (χ0v) is 14.1. The van der Waals surface area contributed by atoms with E-state index >= 15 is 0 Å². The van der Waals surface area contributed by atoms with Crippen molar-refractivity contribution in [2.45, 2.75) is 0 Å². The largest absolute Gasteiger partial charge is 0.368 e. The molecule has 2 aliphatic rings. The van der Waals surface area contributed by atoms with E-state index in [1.165, 1.54) is 5.69 Å². The van der Waals surface area contributed by atoms with Crippen LogP contribution in [0.25, 0.3) is 6.08 Å². The number of amides is 1. The van der Waals surface area contributed by atoms with Gasteiger partial charge < -0.3 is 14.7 Å². The molecule has 0 spiro atoms. The maximum atomic E-state index is 12.3. The van der Waals surface area contributed by atoms with Crippen LogP contribution in [0.1, 0.15) is 5.56 Å². The van der Waals surface area contributed by atoms with Crippen LogP contribution in [0.15, 0.2) is 29.2 Å². The number of likely N-dealkylation sites (N-methyl/N-ethyl adjacent to an activating group) is 2. The molecular formula is C17H23N3OS. The molecule has 118 valence electrons.